The highest BCUT2D eigenvalue weighted by Crippen LogP contribution is 2.08. The van der Waals surface area contributed by atoms with Crippen LogP contribution in [0.4, 0.5) is 5.82 Å². The Balaban J connectivity index is 2.70. The van der Waals surface area contributed by atoms with E-state index in [0.717, 1.165) is 0 Å². The highest BCUT2D eigenvalue weighted by atomic mass is 16.1. The van der Waals surface area contributed by atoms with Crippen molar-refractivity contribution in [3.05, 3.63) is 18.1 Å². The van der Waals surface area contributed by atoms with Gasteiger partial charge < -0.3 is 16.8 Å². The van der Waals surface area contributed by atoms with Gasteiger partial charge in [-0.05, 0) is 5.92 Å². The Hall–Kier alpha value is -1.69. The fourth-order valence-electron chi connectivity index (χ4n) is 1.10. The first-order chi connectivity index (χ1) is 7.52. The van der Waals surface area contributed by atoms with Crippen molar-refractivity contribution >= 4 is 11.7 Å². The van der Waals surface area contributed by atoms with Crippen molar-refractivity contribution in [2.75, 3.05) is 11.9 Å². The lowest BCUT2D eigenvalue weighted by Crippen LogP contribution is -2.34. The first-order valence-electron chi connectivity index (χ1n) is 5.12. The Morgan fingerprint density at radius 2 is 2.06 bits per heavy atom. The molecule has 1 atom stereocenters. The summed E-state index contributed by atoms with van der Waals surface area (Å²) < 4.78 is 0. The van der Waals surface area contributed by atoms with Gasteiger partial charge in [0.1, 0.15) is 0 Å². The van der Waals surface area contributed by atoms with Gasteiger partial charge in [0.05, 0.1) is 0 Å². The van der Waals surface area contributed by atoms with Crippen LogP contribution in [0.1, 0.15) is 24.3 Å². The minimum absolute atomic E-state index is 0.0114. The maximum absolute atomic E-state index is 11.0. The second-order valence-electron chi connectivity index (χ2n) is 3.91. The van der Waals surface area contributed by atoms with Crippen LogP contribution in [0.15, 0.2) is 12.4 Å². The second kappa shape index (κ2) is 5.41. The van der Waals surface area contributed by atoms with Gasteiger partial charge in [-0.15, -0.1) is 0 Å². The summed E-state index contributed by atoms with van der Waals surface area (Å²) >= 11 is 0. The van der Waals surface area contributed by atoms with Crippen LogP contribution in [0.3, 0.4) is 0 Å². The maximum atomic E-state index is 11.0. The summed E-state index contributed by atoms with van der Waals surface area (Å²) in [4.78, 5) is 18.9. The van der Waals surface area contributed by atoms with E-state index in [1.807, 2.05) is 13.8 Å². The lowest BCUT2D eigenvalue weighted by Gasteiger charge is -2.16. The van der Waals surface area contributed by atoms with Crippen LogP contribution >= 0.6 is 0 Å². The molecule has 0 saturated heterocycles. The molecule has 88 valence electrons. The van der Waals surface area contributed by atoms with Gasteiger partial charge in [-0.1, -0.05) is 13.8 Å². The smallest absolute Gasteiger partial charge is 0.271 e. The topological polar surface area (TPSA) is 107 Å². The average Bonchev–Trinajstić information content (AvgIpc) is 2.25. The zero-order valence-electron chi connectivity index (χ0n) is 9.47. The summed E-state index contributed by atoms with van der Waals surface area (Å²) in [6.07, 6.45) is 2.92. The molecule has 1 rings (SSSR count). The molecule has 0 spiro atoms. The Labute approximate surface area is 94.5 Å². The number of nitrogens with zero attached hydrogens (tertiary/aromatic N) is 2. The molecule has 16 heavy (non-hydrogen) atoms. The molecule has 0 aromatic carbocycles. The molecular formula is C10H17N5O. The standard InChI is InChI=1S/C10H17N5O/c1-6(2)7(11)5-15-10-8(9(12)16)13-3-4-14-10/h3-4,6-7H,5,11H2,1-2H3,(H2,12,16)(H,14,15). The van der Waals surface area contributed by atoms with Crippen molar-refractivity contribution in [1.29, 1.82) is 0 Å². The summed E-state index contributed by atoms with van der Waals surface area (Å²) in [5, 5.41) is 2.98. The van der Waals surface area contributed by atoms with Crippen LogP contribution in [0.2, 0.25) is 0 Å². The fraction of sp³-hybridized carbons (Fsp3) is 0.500. The molecule has 5 N–H and O–H groups in total. The summed E-state index contributed by atoms with van der Waals surface area (Å²) in [5.41, 5.74) is 11.2. The van der Waals surface area contributed by atoms with E-state index in [0.29, 0.717) is 18.3 Å². The van der Waals surface area contributed by atoms with Crippen LogP contribution in [0.25, 0.3) is 0 Å². The number of carbonyl (C=O) groups is 1. The third-order valence-electron chi connectivity index (χ3n) is 2.29. The zero-order valence-corrected chi connectivity index (χ0v) is 9.47. The van der Waals surface area contributed by atoms with Gasteiger partial charge in [-0.25, -0.2) is 9.97 Å². The largest absolute Gasteiger partial charge is 0.367 e. The third-order valence-corrected chi connectivity index (χ3v) is 2.29. The Kier molecular flexibility index (Phi) is 4.19. The Morgan fingerprint density at radius 3 is 2.62 bits per heavy atom. The number of anilines is 1. The number of aromatic nitrogens is 2. The number of primary amides is 1. The van der Waals surface area contributed by atoms with E-state index in [1.165, 1.54) is 12.4 Å². The van der Waals surface area contributed by atoms with Gasteiger partial charge >= 0.3 is 0 Å². The number of rotatable bonds is 5. The van der Waals surface area contributed by atoms with E-state index in [9.17, 15) is 4.79 Å². The minimum atomic E-state index is -0.603. The lowest BCUT2D eigenvalue weighted by molar-refractivity contribution is 0.0996. The van der Waals surface area contributed by atoms with E-state index >= 15 is 0 Å². The van der Waals surface area contributed by atoms with Crippen molar-refractivity contribution in [2.45, 2.75) is 19.9 Å². The molecule has 0 fully saturated rings. The van der Waals surface area contributed by atoms with E-state index in [-0.39, 0.29) is 11.7 Å². The summed E-state index contributed by atoms with van der Waals surface area (Å²) in [7, 11) is 0. The molecule has 1 amide bonds. The number of hydrogen-bond acceptors (Lipinski definition) is 5. The van der Waals surface area contributed by atoms with E-state index < -0.39 is 5.91 Å². The third kappa shape index (κ3) is 3.16. The van der Waals surface area contributed by atoms with Gasteiger partial charge in [0, 0.05) is 25.0 Å². The molecule has 1 unspecified atom stereocenters. The highest BCUT2D eigenvalue weighted by molar-refractivity contribution is 5.95. The summed E-state index contributed by atoms with van der Waals surface area (Å²) in [6, 6.07) is -0.0114. The van der Waals surface area contributed by atoms with E-state index in [2.05, 4.69) is 15.3 Å². The monoisotopic (exact) mass is 223 g/mol. The molecular weight excluding hydrogens is 206 g/mol. The van der Waals surface area contributed by atoms with Crippen molar-refractivity contribution < 1.29 is 4.79 Å². The summed E-state index contributed by atoms with van der Waals surface area (Å²) in [6.45, 7) is 4.58. The molecule has 1 aromatic rings. The first-order valence-corrected chi connectivity index (χ1v) is 5.12. The van der Waals surface area contributed by atoms with E-state index in [4.69, 9.17) is 11.5 Å². The van der Waals surface area contributed by atoms with E-state index in [1.54, 1.807) is 0 Å². The normalized spacial score (nSPS) is 12.5. The Morgan fingerprint density at radius 1 is 1.44 bits per heavy atom. The van der Waals surface area contributed by atoms with Crippen LogP contribution in [0.5, 0.6) is 0 Å². The zero-order chi connectivity index (χ0) is 12.1. The van der Waals surface area contributed by atoms with Crippen LogP contribution in [-0.2, 0) is 0 Å². The number of carbonyl (C=O) groups excluding carboxylic acids is 1. The molecule has 0 bridgehead atoms. The second-order valence-corrected chi connectivity index (χ2v) is 3.91. The van der Waals surface area contributed by atoms with Crippen molar-refractivity contribution in [2.24, 2.45) is 17.4 Å². The molecule has 0 saturated carbocycles. The molecule has 0 aliphatic rings. The minimum Gasteiger partial charge on any atom is -0.367 e. The molecule has 6 nitrogen and oxygen atoms in total. The summed E-state index contributed by atoms with van der Waals surface area (Å²) in [5.74, 6) is 0.126. The number of nitrogens with two attached hydrogens (primary N) is 2. The van der Waals surface area contributed by atoms with Gasteiger partial charge in [-0.3, -0.25) is 4.79 Å². The molecule has 6 heteroatoms. The quantitative estimate of drug-likeness (QED) is 0.649. The predicted molar refractivity (Wildman–Crippen MR) is 61.9 cm³/mol. The molecule has 1 aromatic heterocycles. The van der Waals surface area contributed by atoms with Crippen molar-refractivity contribution in [3.8, 4) is 0 Å². The fourth-order valence-corrected chi connectivity index (χ4v) is 1.10. The predicted octanol–water partition coefficient (Wildman–Crippen LogP) is -0.0293. The average molecular weight is 223 g/mol. The van der Waals surface area contributed by atoms with Crippen LogP contribution < -0.4 is 16.8 Å². The molecule has 0 radical (unpaired) electrons. The van der Waals surface area contributed by atoms with Gasteiger partial charge in [-0.2, -0.15) is 0 Å². The van der Waals surface area contributed by atoms with Crippen molar-refractivity contribution in [3.63, 3.8) is 0 Å². The van der Waals surface area contributed by atoms with Crippen LogP contribution in [-0.4, -0.2) is 28.5 Å². The molecule has 0 aliphatic carbocycles. The van der Waals surface area contributed by atoms with Gasteiger partial charge in [0.25, 0.3) is 5.91 Å². The van der Waals surface area contributed by atoms with Crippen molar-refractivity contribution in [1.82, 2.24) is 9.97 Å². The maximum Gasteiger partial charge on any atom is 0.271 e. The first kappa shape index (κ1) is 12.4. The Bertz CT molecular complexity index is 366. The highest BCUT2D eigenvalue weighted by Gasteiger charge is 2.12. The van der Waals surface area contributed by atoms with Gasteiger partial charge in [0.15, 0.2) is 11.5 Å². The number of nitrogens with one attached hydrogen (secondary N) is 1. The van der Waals surface area contributed by atoms with Gasteiger partial charge in [0.2, 0.25) is 0 Å². The lowest BCUT2D eigenvalue weighted by atomic mass is 10.1. The molecule has 0 aliphatic heterocycles. The number of amides is 1. The molecule has 1 heterocycles. The SMILES string of the molecule is CC(C)C(N)CNc1nccnc1C(N)=O. The van der Waals surface area contributed by atoms with Crippen LogP contribution in [0, 0.1) is 5.92 Å². The number of hydrogen-bond donors (Lipinski definition) is 3.